The topological polar surface area (TPSA) is 75.1 Å². The number of aromatic hydroxyl groups is 1. The van der Waals surface area contributed by atoms with Gasteiger partial charge in [-0.1, -0.05) is 5.92 Å². The van der Waals surface area contributed by atoms with Crippen molar-refractivity contribution in [3.8, 4) is 17.7 Å². The van der Waals surface area contributed by atoms with Crippen LogP contribution in [0.4, 0.5) is 0 Å². The molecule has 5 heteroatoms. The molecule has 13 heavy (non-hydrogen) atoms. The van der Waals surface area contributed by atoms with Crippen LogP contribution in [0, 0.1) is 11.8 Å². The first-order chi connectivity index (χ1) is 6.15. The summed E-state index contributed by atoms with van der Waals surface area (Å²) in [5, 5.41) is 9.17. The Morgan fingerprint density at radius 2 is 2.31 bits per heavy atom. The van der Waals surface area contributed by atoms with Gasteiger partial charge in [0.1, 0.15) is 0 Å². The Labute approximate surface area is 73.7 Å². The van der Waals surface area contributed by atoms with Crippen molar-refractivity contribution >= 4 is 0 Å². The van der Waals surface area contributed by atoms with E-state index >= 15 is 0 Å². The van der Waals surface area contributed by atoms with Gasteiger partial charge in [-0.2, -0.15) is 0 Å². The fourth-order valence-electron chi connectivity index (χ4n) is 0.819. The van der Waals surface area contributed by atoms with Crippen molar-refractivity contribution in [1.29, 1.82) is 0 Å². The van der Waals surface area contributed by atoms with E-state index in [-0.39, 0.29) is 12.4 Å². The molecule has 68 valence electrons. The van der Waals surface area contributed by atoms with Gasteiger partial charge in [-0.3, -0.25) is 14.3 Å². The minimum absolute atomic E-state index is 0.0674. The summed E-state index contributed by atoms with van der Waals surface area (Å²) in [6, 6.07) is 0.929. The summed E-state index contributed by atoms with van der Waals surface area (Å²) in [4.78, 5) is 23.7. The van der Waals surface area contributed by atoms with Crippen molar-refractivity contribution in [3.05, 3.63) is 26.9 Å². The first kappa shape index (κ1) is 9.13. The molecule has 0 aliphatic rings. The Bertz CT molecular complexity index is 473. The van der Waals surface area contributed by atoms with E-state index in [4.69, 9.17) is 0 Å². The smallest absolute Gasteiger partial charge is 0.331 e. The number of H-pyrrole nitrogens is 1. The Balaban J connectivity index is 3.26. The van der Waals surface area contributed by atoms with Gasteiger partial charge in [0.05, 0.1) is 12.6 Å². The van der Waals surface area contributed by atoms with Crippen molar-refractivity contribution in [1.82, 2.24) is 9.55 Å². The number of aromatic amines is 1. The molecule has 0 bridgehead atoms. The molecule has 1 aromatic heterocycles. The van der Waals surface area contributed by atoms with Gasteiger partial charge in [0.2, 0.25) is 5.88 Å². The molecule has 5 nitrogen and oxygen atoms in total. The van der Waals surface area contributed by atoms with Crippen LogP contribution in [0.25, 0.3) is 0 Å². The molecular weight excluding hydrogens is 172 g/mol. The molecule has 0 saturated heterocycles. The number of aromatic nitrogens is 2. The predicted molar refractivity (Wildman–Crippen MR) is 46.4 cm³/mol. The van der Waals surface area contributed by atoms with Crippen LogP contribution in [0.5, 0.6) is 5.88 Å². The van der Waals surface area contributed by atoms with E-state index in [1.807, 2.05) is 4.98 Å². The molecule has 2 N–H and O–H groups in total. The van der Waals surface area contributed by atoms with Crippen molar-refractivity contribution in [2.45, 2.75) is 13.5 Å². The van der Waals surface area contributed by atoms with Crippen LogP contribution in [-0.2, 0) is 6.54 Å². The van der Waals surface area contributed by atoms with Gasteiger partial charge in [-0.05, 0) is 6.92 Å². The van der Waals surface area contributed by atoms with E-state index in [2.05, 4.69) is 11.8 Å². The lowest BCUT2D eigenvalue weighted by molar-refractivity contribution is 0.412. The monoisotopic (exact) mass is 180 g/mol. The molecule has 1 aromatic rings. The van der Waals surface area contributed by atoms with Gasteiger partial charge in [0, 0.05) is 0 Å². The van der Waals surface area contributed by atoms with Gasteiger partial charge in [0.15, 0.2) is 0 Å². The summed E-state index contributed by atoms with van der Waals surface area (Å²) < 4.78 is 0.970. The zero-order valence-electron chi connectivity index (χ0n) is 7.00. The van der Waals surface area contributed by atoms with Crippen LogP contribution < -0.4 is 11.2 Å². The third-order valence-corrected chi connectivity index (χ3v) is 1.43. The number of hydrogen-bond acceptors (Lipinski definition) is 3. The van der Waals surface area contributed by atoms with Crippen molar-refractivity contribution in [2.75, 3.05) is 0 Å². The normalized spacial score (nSPS) is 9.00. The molecule has 0 amide bonds. The van der Waals surface area contributed by atoms with E-state index in [0.29, 0.717) is 0 Å². The first-order valence-electron chi connectivity index (χ1n) is 3.58. The molecule has 0 fully saturated rings. The fraction of sp³-hybridized carbons (Fsp3) is 0.250. The van der Waals surface area contributed by atoms with Crippen LogP contribution in [0.15, 0.2) is 15.7 Å². The Hall–Kier alpha value is -1.96. The van der Waals surface area contributed by atoms with Crippen LogP contribution in [0.1, 0.15) is 6.92 Å². The number of hydrogen-bond donors (Lipinski definition) is 2. The predicted octanol–water partition coefficient (Wildman–Crippen LogP) is -0.735. The zero-order chi connectivity index (χ0) is 9.84. The SMILES string of the molecule is CC#CCn1c(O)cc(=O)[nH]c1=O. The van der Waals surface area contributed by atoms with E-state index in [1.54, 1.807) is 6.92 Å². The highest BCUT2D eigenvalue weighted by Crippen LogP contribution is 1.98. The molecule has 0 saturated carbocycles. The lowest BCUT2D eigenvalue weighted by atomic mass is 10.5. The molecule has 0 radical (unpaired) electrons. The lowest BCUT2D eigenvalue weighted by Crippen LogP contribution is -2.28. The minimum atomic E-state index is -0.659. The van der Waals surface area contributed by atoms with Gasteiger partial charge in [0.25, 0.3) is 5.56 Å². The van der Waals surface area contributed by atoms with Gasteiger partial charge in [-0.15, -0.1) is 5.92 Å². The molecule has 0 spiro atoms. The van der Waals surface area contributed by atoms with E-state index in [9.17, 15) is 14.7 Å². The molecule has 0 atom stereocenters. The number of nitrogens with zero attached hydrogens (tertiary/aromatic N) is 1. The standard InChI is InChI=1S/C8H8N2O3/c1-2-3-4-10-7(12)5-6(11)9-8(10)13/h5,12H,4H2,1H3,(H,9,11,13). The quantitative estimate of drug-likeness (QED) is 0.559. The van der Waals surface area contributed by atoms with E-state index in [0.717, 1.165) is 10.6 Å². The first-order valence-corrected chi connectivity index (χ1v) is 3.58. The van der Waals surface area contributed by atoms with Gasteiger partial charge >= 0.3 is 5.69 Å². The highest BCUT2D eigenvalue weighted by molar-refractivity contribution is 5.08. The van der Waals surface area contributed by atoms with Crippen LogP contribution in [0.3, 0.4) is 0 Å². The van der Waals surface area contributed by atoms with Crippen LogP contribution in [0.2, 0.25) is 0 Å². The molecule has 0 aliphatic heterocycles. The summed E-state index contributed by atoms with van der Waals surface area (Å²) in [6.45, 7) is 1.69. The second-order valence-corrected chi connectivity index (χ2v) is 2.31. The second-order valence-electron chi connectivity index (χ2n) is 2.31. The van der Waals surface area contributed by atoms with Crippen LogP contribution >= 0.6 is 0 Å². The van der Waals surface area contributed by atoms with Crippen molar-refractivity contribution in [2.24, 2.45) is 0 Å². The van der Waals surface area contributed by atoms with Gasteiger partial charge in [-0.25, -0.2) is 4.79 Å². The molecule has 1 heterocycles. The summed E-state index contributed by atoms with van der Waals surface area (Å²) in [5.74, 6) is 4.79. The average Bonchev–Trinajstić information content (AvgIpc) is 2.02. The van der Waals surface area contributed by atoms with Crippen LogP contribution in [-0.4, -0.2) is 14.7 Å². The van der Waals surface area contributed by atoms with Gasteiger partial charge < -0.3 is 5.11 Å². The fourth-order valence-corrected chi connectivity index (χ4v) is 0.819. The second kappa shape index (κ2) is 3.63. The summed E-state index contributed by atoms with van der Waals surface area (Å²) in [5.41, 5.74) is -1.28. The maximum atomic E-state index is 11.0. The third kappa shape index (κ3) is 1.99. The maximum absolute atomic E-state index is 11.0. The highest BCUT2D eigenvalue weighted by Gasteiger charge is 2.01. The van der Waals surface area contributed by atoms with E-state index < -0.39 is 11.2 Å². The number of rotatable bonds is 1. The van der Waals surface area contributed by atoms with E-state index in [1.165, 1.54) is 0 Å². The minimum Gasteiger partial charge on any atom is -0.494 e. The molecule has 0 unspecified atom stereocenters. The molecular formula is C8H8N2O3. The van der Waals surface area contributed by atoms with Crippen molar-refractivity contribution in [3.63, 3.8) is 0 Å². The van der Waals surface area contributed by atoms with Crippen molar-refractivity contribution < 1.29 is 5.11 Å². The average molecular weight is 180 g/mol. The molecule has 0 aliphatic carbocycles. The largest absolute Gasteiger partial charge is 0.494 e. The Morgan fingerprint density at radius 3 is 2.85 bits per heavy atom. The Kier molecular flexibility index (Phi) is 2.55. The number of nitrogens with one attached hydrogen (secondary N) is 1. The maximum Gasteiger partial charge on any atom is 0.331 e. The summed E-state index contributed by atoms with van der Waals surface area (Å²) >= 11 is 0. The molecule has 0 aromatic carbocycles. The Morgan fingerprint density at radius 1 is 1.62 bits per heavy atom. The lowest BCUT2D eigenvalue weighted by Gasteiger charge is -2.01. The third-order valence-electron chi connectivity index (χ3n) is 1.43. The summed E-state index contributed by atoms with van der Waals surface area (Å²) in [7, 11) is 0. The molecule has 1 rings (SSSR count). The summed E-state index contributed by atoms with van der Waals surface area (Å²) in [6.07, 6.45) is 0. The zero-order valence-corrected chi connectivity index (χ0v) is 7.00. The highest BCUT2D eigenvalue weighted by atomic mass is 16.3.